The fourth-order valence-electron chi connectivity index (χ4n) is 5.77. The summed E-state index contributed by atoms with van der Waals surface area (Å²) in [5.41, 5.74) is 5.86. The van der Waals surface area contributed by atoms with Crippen molar-refractivity contribution in [1.29, 1.82) is 0 Å². The van der Waals surface area contributed by atoms with Crippen LogP contribution in [0.25, 0.3) is 11.1 Å². The van der Waals surface area contributed by atoms with Crippen LogP contribution in [0.5, 0.6) is 5.75 Å². The molecule has 1 fully saturated rings. The molecule has 2 aliphatic heterocycles. The predicted molar refractivity (Wildman–Crippen MR) is 152 cm³/mol. The van der Waals surface area contributed by atoms with Gasteiger partial charge in [0, 0.05) is 48.7 Å². The molecule has 4 heterocycles. The molecule has 1 unspecified atom stereocenters. The van der Waals surface area contributed by atoms with Crippen molar-refractivity contribution in [1.82, 2.24) is 24.6 Å². The maximum absolute atomic E-state index is 12.6. The van der Waals surface area contributed by atoms with E-state index < -0.39 is 0 Å². The summed E-state index contributed by atoms with van der Waals surface area (Å²) in [5, 5.41) is 3.34. The maximum atomic E-state index is 12.6. The van der Waals surface area contributed by atoms with E-state index in [1.807, 2.05) is 19.3 Å². The van der Waals surface area contributed by atoms with Crippen molar-refractivity contribution < 1.29 is 4.74 Å². The molecule has 1 aliphatic carbocycles. The first-order valence-electron chi connectivity index (χ1n) is 13.6. The summed E-state index contributed by atoms with van der Waals surface area (Å²) >= 11 is 1.55. The Hall–Kier alpha value is -2.88. The number of H-pyrrole nitrogens is 1. The Morgan fingerprint density at radius 1 is 1.18 bits per heavy atom. The molecule has 8 nitrogen and oxygen atoms in total. The number of hydrogen-bond donors (Lipinski definition) is 2. The lowest BCUT2D eigenvalue weighted by Gasteiger charge is -2.33. The Labute approximate surface area is 228 Å². The topological polar surface area (TPSA) is 86.4 Å². The van der Waals surface area contributed by atoms with E-state index >= 15 is 0 Å². The SMILES string of the molecule is CNC1CCN(Sc2cc(-c3ccc4c(c3)CN(c3ncnc5c3CC(C)(C)CC5)CCO4)c[nH]c2=O)C1. The van der Waals surface area contributed by atoms with Gasteiger partial charge in [-0.1, -0.05) is 19.9 Å². The van der Waals surface area contributed by atoms with Gasteiger partial charge in [-0.05, 0) is 79.4 Å². The minimum atomic E-state index is -0.0487. The molecule has 200 valence electrons. The number of aromatic amines is 1. The zero-order valence-electron chi connectivity index (χ0n) is 22.4. The first kappa shape index (κ1) is 25.4. The molecule has 1 aromatic carbocycles. The maximum Gasteiger partial charge on any atom is 0.262 e. The molecule has 2 N–H and O–H groups in total. The van der Waals surface area contributed by atoms with E-state index in [1.165, 1.54) is 11.3 Å². The van der Waals surface area contributed by atoms with Crippen LogP contribution in [0.2, 0.25) is 0 Å². The van der Waals surface area contributed by atoms with Crippen molar-refractivity contribution in [3.63, 3.8) is 0 Å². The first-order chi connectivity index (χ1) is 18.4. The number of anilines is 1. The molecule has 0 radical (unpaired) electrons. The van der Waals surface area contributed by atoms with Crippen molar-refractivity contribution in [3.8, 4) is 16.9 Å². The molecular formula is C29H36N6O2S. The zero-order chi connectivity index (χ0) is 26.3. The molecule has 6 rings (SSSR count). The van der Waals surface area contributed by atoms with E-state index in [9.17, 15) is 4.79 Å². The second-order valence-corrected chi connectivity index (χ2v) is 12.5. The predicted octanol–water partition coefficient (Wildman–Crippen LogP) is 4.05. The van der Waals surface area contributed by atoms with E-state index in [0.29, 0.717) is 12.6 Å². The van der Waals surface area contributed by atoms with Gasteiger partial charge >= 0.3 is 0 Å². The molecule has 3 aromatic rings. The minimum absolute atomic E-state index is 0.0487. The van der Waals surface area contributed by atoms with E-state index in [4.69, 9.17) is 9.72 Å². The molecule has 3 aliphatic rings. The number of nitrogens with zero attached hydrogens (tertiary/aromatic N) is 4. The second kappa shape index (κ2) is 10.4. The Balaban J connectivity index is 1.27. The molecular weight excluding hydrogens is 496 g/mol. The van der Waals surface area contributed by atoms with Crippen molar-refractivity contribution in [2.75, 3.05) is 38.2 Å². The van der Waals surface area contributed by atoms with Gasteiger partial charge in [0.25, 0.3) is 5.56 Å². The lowest BCUT2D eigenvalue weighted by molar-refractivity contribution is 0.310. The number of nitrogens with one attached hydrogen (secondary N) is 2. The molecule has 2 aromatic heterocycles. The average molecular weight is 533 g/mol. The number of pyridine rings is 1. The molecule has 0 amide bonds. The van der Waals surface area contributed by atoms with Crippen LogP contribution in [0.4, 0.5) is 5.82 Å². The summed E-state index contributed by atoms with van der Waals surface area (Å²) in [7, 11) is 2.00. The molecule has 0 bridgehead atoms. The number of fused-ring (bicyclic) bond motifs is 2. The highest BCUT2D eigenvalue weighted by Gasteiger charge is 2.31. The summed E-state index contributed by atoms with van der Waals surface area (Å²) in [4.78, 5) is 28.0. The van der Waals surface area contributed by atoms with Gasteiger partial charge < -0.3 is 19.9 Å². The fraction of sp³-hybridized carbons (Fsp3) is 0.483. The summed E-state index contributed by atoms with van der Waals surface area (Å²) < 4.78 is 8.43. The van der Waals surface area contributed by atoms with Crippen LogP contribution in [0, 0.1) is 5.41 Å². The normalized spacial score (nSPS) is 20.9. The Bertz CT molecular complexity index is 1390. The van der Waals surface area contributed by atoms with Crippen LogP contribution in [0.15, 0.2) is 46.5 Å². The summed E-state index contributed by atoms with van der Waals surface area (Å²) in [5.74, 6) is 1.95. The van der Waals surface area contributed by atoms with Gasteiger partial charge in [-0.25, -0.2) is 14.3 Å². The Morgan fingerprint density at radius 3 is 2.92 bits per heavy atom. The van der Waals surface area contributed by atoms with Gasteiger partial charge in [0.2, 0.25) is 0 Å². The smallest absolute Gasteiger partial charge is 0.262 e. The highest BCUT2D eigenvalue weighted by molar-refractivity contribution is 7.97. The summed E-state index contributed by atoms with van der Waals surface area (Å²) in [6.07, 6.45) is 7.77. The monoisotopic (exact) mass is 532 g/mol. The molecule has 0 saturated carbocycles. The molecule has 9 heteroatoms. The molecule has 0 spiro atoms. The highest BCUT2D eigenvalue weighted by atomic mass is 32.2. The molecule has 1 saturated heterocycles. The van der Waals surface area contributed by atoms with Crippen LogP contribution in [-0.4, -0.2) is 58.6 Å². The number of aryl methyl sites for hydroxylation is 1. The average Bonchev–Trinajstić information content (AvgIpc) is 3.26. The number of ether oxygens (including phenoxy) is 1. The summed E-state index contributed by atoms with van der Waals surface area (Å²) in [6.45, 7) is 8.67. The minimum Gasteiger partial charge on any atom is -0.491 e. The Kier molecular flexibility index (Phi) is 6.92. The van der Waals surface area contributed by atoms with Crippen LogP contribution < -0.4 is 20.5 Å². The van der Waals surface area contributed by atoms with Crippen molar-refractivity contribution in [2.24, 2.45) is 5.41 Å². The van der Waals surface area contributed by atoms with Gasteiger partial charge in [0.05, 0.1) is 11.4 Å². The lowest BCUT2D eigenvalue weighted by atomic mass is 9.76. The van der Waals surface area contributed by atoms with Gasteiger partial charge in [-0.15, -0.1) is 0 Å². The number of rotatable bonds is 5. The van der Waals surface area contributed by atoms with Gasteiger partial charge in [0.1, 0.15) is 24.5 Å². The van der Waals surface area contributed by atoms with Crippen molar-refractivity contribution >= 4 is 17.8 Å². The Morgan fingerprint density at radius 2 is 2.08 bits per heavy atom. The van der Waals surface area contributed by atoms with Crippen LogP contribution in [0.1, 0.15) is 43.5 Å². The standard InChI is InChI=1S/C29H36N6O2S/c1-29(2)8-6-24-23(14-29)27(33-18-32-24)34-10-11-37-25-5-4-19(12-21(25)16-34)20-13-26(28(36)31-15-20)38-35-9-7-22(17-35)30-3/h4-5,12-13,15,18,22,30H,6-11,14,16-17H2,1-3H3,(H,31,36). The molecule has 38 heavy (non-hydrogen) atoms. The van der Waals surface area contributed by atoms with Crippen LogP contribution in [-0.2, 0) is 19.4 Å². The third-order valence-electron chi connectivity index (χ3n) is 8.03. The van der Waals surface area contributed by atoms with E-state index in [2.05, 4.69) is 56.5 Å². The third kappa shape index (κ3) is 5.19. The largest absolute Gasteiger partial charge is 0.491 e. The van der Waals surface area contributed by atoms with Gasteiger partial charge in [-0.3, -0.25) is 4.79 Å². The van der Waals surface area contributed by atoms with Gasteiger partial charge in [0.15, 0.2) is 0 Å². The third-order valence-corrected chi connectivity index (χ3v) is 9.12. The van der Waals surface area contributed by atoms with Gasteiger partial charge in [-0.2, -0.15) is 0 Å². The number of likely N-dealkylation sites (N-methyl/N-ethyl adjacent to an activating group) is 1. The quantitative estimate of drug-likeness (QED) is 0.476. The summed E-state index contributed by atoms with van der Waals surface area (Å²) in [6, 6.07) is 8.82. The van der Waals surface area contributed by atoms with Crippen molar-refractivity contribution in [2.45, 2.75) is 57.0 Å². The van der Waals surface area contributed by atoms with E-state index in [-0.39, 0.29) is 11.0 Å². The van der Waals surface area contributed by atoms with E-state index in [1.54, 1.807) is 18.3 Å². The van der Waals surface area contributed by atoms with Crippen molar-refractivity contribution in [3.05, 3.63) is 64.0 Å². The molecule has 1 atom stereocenters. The number of benzene rings is 1. The zero-order valence-corrected chi connectivity index (χ0v) is 23.2. The van der Waals surface area contributed by atoms with E-state index in [0.717, 1.165) is 85.0 Å². The lowest BCUT2D eigenvalue weighted by Crippen LogP contribution is -2.31. The fourth-order valence-corrected chi connectivity index (χ4v) is 6.82. The van der Waals surface area contributed by atoms with Crippen LogP contribution in [0.3, 0.4) is 0 Å². The van der Waals surface area contributed by atoms with Crippen LogP contribution >= 0.6 is 11.9 Å². The highest BCUT2D eigenvalue weighted by Crippen LogP contribution is 2.39. The second-order valence-electron chi connectivity index (χ2n) is 11.4. The first-order valence-corrected chi connectivity index (χ1v) is 14.3. The number of hydrogen-bond acceptors (Lipinski definition) is 8. The number of aromatic nitrogens is 3.